The first-order valence-electron chi connectivity index (χ1n) is 8.89. The van der Waals surface area contributed by atoms with E-state index in [9.17, 15) is 0 Å². The summed E-state index contributed by atoms with van der Waals surface area (Å²) in [5.74, 6) is 1.09. The SMILES string of the molecule is CCCNC1CCCc2ccc(OC3CCCCC3)cc21. The molecule has 1 saturated carbocycles. The summed E-state index contributed by atoms with van der Waals surface area (Å²) in [6.07, 6.45) is 11.9. The summed E-state index contributed by atoms with van der Waals surface area (Å²) in [4.78, 5) is 0. The van der Waals surface area contributed by atoms with Gasteiger partial charge in [-0.15, -0.1) is 0 Å². The van der Waals surface area contributed by atoms with Crippen molar-refractivity contribution in [3.8, 4) is 5.75 Å². The maximum atomic E-state index is 6.25. The summed E-state index contributed by atoms with van der Waals surface area (Å²) < 4.78 is 6.25. The van der Waals surface area contributed by atoms with Gasteiger partial charge in [-0.25, -0.2) is 0 Å². The summed E-state index contributed by atoms with van der Waals surface area (Å²) >= 11 is 0. The van der Waals surface area contributed by atoms with E-state index in [4.69, 9.17) is 4.74 Å². The highest BCUT2D eigenvalue weighted by molar-refractivity contribution is 5.39. The average Bonchev–Trinajstić information content (AvgIpc) is 2.54. The molecule has 0 saturated heterocycles. The van der Waals surface area contributed by atoms with Crippen molar-refractivity contribution in [2.45, 2.75) is 76.9 Å². The van der Waals surface area contributed by atoms with Gasteiger partial charge in [0.05, 0.1) is 6.10 Å². The van der Waals surface area contributed by atoms with E-state index in [0.29, 0.717) is 12.1 Å². The number of aryl methyl sites for hydroxylation is 1. The largest absolute Gasteiger partial charge is 0.490 e. The molecular formula is C19H29NO. The standard InChI is InChI=1S/C19H29NO/c1-2-13-20-19-10-6-7-15-11-12-17(14-18(15)19)21-16-8-4-3-5-9-16/h11-12,14,16,19-20H,2-10,13H2,1H3. The van der Waals surface area contributed by atoms with Crippen LogP contribution in [0, 0.1) is 0 Å². The minimum Gasteiger partial charge on any atom is -0.490 e. The molecule has 1 N–H and O–H groups in total. The molecule has 0 heterocycles. The van der Waals surface area contributed by atoms with Gasteiger partial charge in [-0.1, -0.05) is 19.4 Å². The van der Waals surface area contributed by atoms with Crippen molar-refractivity contribution < 1.29 is 4.74 Å². The Morgan fingerprint density at radius 1 is 1.10 bits per heavy atom. The van der Waals surface area contributed by atoms with Crippen molar-refractivity contribution in [2.75, 3.05) is 6.54 Å². The monoisotopic (exact) mass is 287 g/mol. The fourth-order valence-electron chi connectivity index (χ4n) is 3.76. The van der Waals surface area contributed by atoms with Gasteiger partial charge < -0.3 is 10.1 Å². The molecule has 0 radical (unpaired) electrons. The minimum absolute atomic E-state index is 0.447. The van der Waals surface area contributed by atoms with Crippen molar-refractivity contribution in [3.63, 3.8) is 0 Å². The van der Waals surface area contributed by atoms with Crippen LogP contribution in [0.25, 0.3) is 0 Å². The fourth-order valence-corrected chi connectivity index (χ4v) is 3.76. The first kappa shape index (κ1) is 14.9. The Morgan fingerprint density at radius 3 is 2.76 bits per heavy atom. The van der Waals surface area contributed by atoms with Crippen molar-refractivity contribution in [1.29, 1.82) is 0 Å². The van der Waals surface area contributed by atoms with E-state index in [0.717, 1.165) is 12.3 Å². The normalized spacial score (nSPS) is 22.8. The van der Waals surface area contributed by atoms with E-state index in [2.05, 4.69) is 30.4 Å². The molecule has 2 nitrogen and oxygen atoms in total. The van der Waals surface area contributed by atoms with E-state index >= 15 is 0 Å². The van der Waals surface area contributed by atoms with Gasteiger partial charge in [-0.05, 0) is 81.2 Å². The van der Waals surface area contributed by atoms with E-state index in [-0.39, 0.29) is 0 Å². The van der Waals surface area contributed by atoms with Gasteiger partial charge in [0.2, 0.25) is 0 Å². The highest BCUT2D eigenvalue weighted by Gasteiger charge is 2.21. The molecule has 0 amide bonds. The lowest BCUT2D eigenvalue weighted by atomic mass is 9.87. The van der Waals surface area contributed by atoms with E-state index in [1.165, 1.54) is 68.9 Å². The molecule has 1 atom stereocenters. The third-order valence-electron chi connectivity index (χ3n) is 4.93. The highest BCUT2D eigenvalue weighted by Crippen LogP contribution is 2.33. The van der Waals surface area contributed by atoms with E-state index in [1.807, 2.05) is 0 Å². The highest BCUT2D eigenvalue weighted by atomic mass is 16.5. The Kier molecular flexibility index (Phi) is 5.18. The number of benzene rings is 1. The van der Waals surface area contributed by atoms with Crippen LogP contribution in [-0.4, -0.2) is 12.6 Å². The molecule has 3 rings (SSSR count). The summed E-state index contributed by atoms with van der Waals surface area (Å²) in [5.41, 5.74) is 3.01. The van der Waals surface area contributed by atoms with E-state index < -0.39 is 0 Å². The Morgan fingerprint density at radius 2 is 1.95 bits per heavy atom. The molecule has 1 aromatic rings. The topological polar surface area (TPSA) is 21.3 Å². The molecule has 2 heteroatoms. The number of ether oxygens (including phenoxy) is 1. The second kappa shape index (κ2) is 7.31. The quantitative estimate of drug-likeness (QED) is 0.842. The van der Waals surface area contributed by atoms with Crippen LogP contribution in [0.1, 0.15) is 75.5 Å². The van der Waals surface area contributed by atoms with Crippen LogP contribution >= 0.6 is 0 Å². The van der Waals surface area contributed by atoms with Gasteiger partial charge in [-0.2, -0.15) is 0 Å². The van der Waals surface area contributed by atoms with Crippen LogP contribution < -0.4 is 10.1 Å². The third kappa shape index (κ3) is 3.79. The van der Waals surface area contributed by atoms with Crippen LogP contribution in [0.4, 0.5) is 0 Å². The van der Waals surface area contributed by atoms with Gasteiger partial charge in [0.1, 0.15) is 5.75 Å². The zero-order valence-electron chi connectivity index (χ0n) is 13.4. The predicted molar refractivity (Wildman–Crippen MR) is 87.9 cm³/mol. The maximum Gasteiger partial charge on any atom is 0.120 e. The number of hydrogen-bond donors (Lipinski definition) is 1. The molecule has 1 unspecified atom stereocenters. The minimum atomic E-state index is 0.447. The number of rotatable bonds is 5. The zero-order chi connectivity index (χ0) is 14.5. The van der Waals surface area contributed by atoms with Gasteiger partial charge in [-0.3, -0.25) is 0 Å². The lowest BCUT2D eigenvalue weighted by molar-refractivity contribution is 0.154. The number of fused-ring (bicyclic) bond motifs is 1. The first-order chi connectivity index (χ1) is 10.4. The Labute approximate surface area is 129 Å². The molecule has 116 valence electrons. The summed E-state index contributed by atoms with van der Waals surface area (Å²) in [6.45, 7) is 3.34. The Hall–Kier alpha value is -1.02. The van der Waals surface area contributed by atoms with Gasteiger partial charge >= 0.3 is 0 Å². The zero-order valence-corrected chi connectivity index (χ0v) is 13.4. The molecular weight excluding hydrogens is 258 g/mol. The van der Waals surface area contributed by atoms with Gasteiger partial charge in [0.15, 0.2) is 0 Å². The molecule has 0 bridgehead atoms. The average molecular weight is 287 g/mol. The molecule has 0 spiro atoms. The van der Waals surface area contributed by atoms with Crippen molar-refractivity contribution in [3.05, 3.63) is 29.3 Å². The molecule has 0 aliphatic heterocycles. The number of hydrogen-bond acceptors (Lipinski definition) is 2. The van der Waals surface area contributed by atoms with Crippen LogP contribution in [0.15, 0.2) is 18.2 Å². The Bertz CT molecular complexity index is 451. The third-order valence-corrected chi connectivity index (χ3v) is 4.93. The molecule has 21 heavy (non-hydrogen) atoms. The second-order valence-electron chi connectivity index (χ2n) is 6.64. The van der Waals surface area contributed by atoms with Gasteiger partial charge in [0, 0.05) is 6.04 Å². The second-order valence-corrected chi connectivity index (χ2v) is 6.64. The fraction of sp³-hybridized carbons (Fsp3) is 0.684. The van der Waals surface area contributed by atoms with Crippen molar-refractivity contribution in [2.24, 2.45) is 0 Å². The van der Waals surface area contributed by atoms with Crippen molar-refractivity contribution >= 4 is 0 Å². The summed E-state index contributed by atoms with van der Waals surface area (Å²) in [6, 6.07) is 7.34. The van der Waals surface area contributed by atoms with Crippen LogP contribution in [-0.2, 0) is 6.42 Å². The smallest absolute Gasteiger partial charge is 0.120 e. The maximum absolute atomic E-state index is 6.25. The Balaban J connectivity index is 1.71. The predicted octanol–water partition coefficient (Wildman–Crippen LogP) is 4.78. The van der Waals surface area contributed by atoms with Gasteiger partial charge in [0.25, 0.3) is 0 Å². The summed E-state index contributed by atoms with van der Waals surface area (Å²) in [5, 5.41) is 3.70. The molecule has 1 fully saturated rings. The van der Waals surface area contributed by atoms with Crippen LogP contribution in [0.5, 0.6) is 5.75 Å². The lowest BCUT2D eigenvalue weighted by Gasteiger charge is -2.28. The molecule has 2 aliphatic rings. The lowest BCUT2D eigenvalue weighted by Crippen LogP contribution is -2.26. The molecule has 0 aromatic heterocycles. The molecule has 1 aromatic carbocycles. The van der Waals surface area contributed by atoms with E-state index in [1.54, 1.807) is 0 Å². The van der Waals surface area contributed by atoms with Crippen LogP contribution in [0.3, 0.4) is 0 Å². The summed E-state index contributed by atoms with van der Waals surface area (Å²) in [7, 11) is 0. The number of nitrogens with one attached hydrogen (secondary N) is 1. The molecule has 2 aliphatic carbocycles. The van der Waals surface area contributed by atoms with Crippen molar-refractivity contribution in [1.82, 2.24) is 5.32 Å². The van der Waals surface area contributed by atoms with Crippen LogP contribution in [0.2, 0.25) is 0 Å². The first-order valence-corrected chi connectivity index (χ1v) is 8.89.